The van der Waals surface area contributed by atoms with Crippen molar-refractivity contribution in [2.45, 2.75) is 77.4 Å². The Balaban J connectivity index is 1.76. The molecule has 1 saturated carbocycles. The maximum absolute atomic E-state index is 13.5. The molecular formula is C28H37Cl2N3O4S. The van der Waals surface area contributed by atoms with Crippen LogP contribution in [0.2, 0.25) is 10.0 Å². The van der Waals surface area contributed by atoms with Crippen molar-refractivity contribution >= 4 is 50.7 Å². The minimum Gasteiger partial charge on any atom is -0.352 e. The number of carbonyl (C=O) groups excluding carboxylic acids is 2. The van der Waals surface area contributed by atoms with Crippen molar-refractivity contribution in [2.75, 3.05) is 17.1 Å². The van der Waals surface area contributed by atoms with Crippen molar-refractivity contribution in [1.82, 2.24) is 10.2 Å². The lowest BCUT2D eigenvalue weighted by molar-refractivity contribution is -0.141. The molecule has 208 valence electrons. The molecule has 2 amide bonds. The molecule has 2 aromatic carbocycles. The van der Waals surface area contributed by atoms with E-state index >= 15 is 0 Å². The Kier molecular flexibility index (Phi) is 10.9. The third-order valence-corrected chi connectivity index (χ3v) is 8.85. The highest BCUT2D eigenvalue weighted by molar-refractivity contribution is 7.92. The van der Waals surface area contributed by atoms with Crippen LogP contribution >= 0.6 is 23.2 Å². The Bertz CT molecular complexity index is 1210. The highest BCUT2D eigenvalue weighted by Crippen LogP contribution is 2.27. The Morgan fingerprint density at radius 1 is 1.05 bits per heavy atom. The minimum atomic E-state index is -3.55. The standard InChI is InChI=1S/C28H37Cl2N3O4S/c1-20-10-7-13-23(18-20)33(38(3,36)37)17-9-16-27(34)32(19-24-25(29)14-8-15-26(24)30)21(2)28(35)31-22-11-5-4-6-12-22/h7-8,10,13-15,18,21-22H,4-6,9,11-12,16-17,19H2,1-3H3,(H,31,35). The predicted molar refractivity (Wildman–Crippen MR) is 154 cm³/mol. The molecule has 0 bridgehead atoms. The molecule has 3 rings (SSSR count). The van der Waals surface area contributed by atoms with Gasteiger partial charge in [0.1, 0.15) is 6.04 Å². The second kappa shape index (κ2) is 13.7. The highest BCUT2D eigenvalue weighted by Gasteiger charge is 2.29. The summed E-state index contributed by atoms with van der Waals surface area (Å²) >= 11 is 12.8. The third kappa shape index (κ3) is 8.35. The van der Waals surface area contributed by atoms with Gasteiger partial charge in [0.15, 0.2) is 0 Å². The summed E-state index contributed by atoms with van der Waals surface area (Å²) < 4.78 is 26.3. The Labute approximate surface area is 236 Å². The summed E-state index contributed by atoms with van der Waals surface area (Å²) in [6.07, 6.45) is 6.69. The van der Waals surface area contributed by atoms with E-state index in [1.54, 1.807) is 43.3 Å². The number of nitrogens with one attached hydrogen (secondary N) is 1. The van der Waals surface area contributed by atoms with E-state index in [9.17, 15) is 18.0 Å². The molecule has 10 heteroatoms. The van der Waals surface area contributed by atoms with E-state index in [2.05, 4.69) is 5.32 Å². The molecule has 1 atom stereocenters. The van der Waals surface area contributed by atoms with Crippen LogP contribution in [-0.4, -0.2) is 50.0 Å². The van der Waals surface area contributed by atoms with Crippen LogP contribution in [-0.2, 0) is 26.2 Å². The van der Waals surface area contributed by atoms with Crippen molar-refractivity contribution < 1.29 is 18.0 Å². The Morgan fingerprint density at radius 2 is 1.68 bits per heavy atom. The molecule has 1 unspecified atom stereocenters. The molecule has 2 aromatic rings. The van der Waals surface area contributed by atoms with Gasteiger partial charge >= 0.3 is 0 Å². The number of aryl methyl sites for hydroxylation is 1. The van der Waals surface area contributed by atoms with E-state index in [4.69, 9.17) is 23.2 Å². The largest absolute Gasteiger partial charge is 0.352 e. The number of rotatable bonds is 11. The molecule has 0 radical (unpaired) electrons. The molecule has 0 heterocycles. The van der Waals surface area contributed by atoms with Gasteiger partial charge in [-0.2, -0.15) is 0 Å². The number of halogens is 2. The van der Waals surface area contributed by atoms with Gasteiger partial charge < -0.3 is 10.2 Å². The normalized spacial score (nSPS) is 15.1. The SMILES string of the molecule is Cc1cccc(N(CCCC(=O)N(Cc2c(Cl)cccc2Cl)C(C)C(=O)NC2CCCCC2)S(C)(=O)=O)c1. The molecule has 1 aliphatic rings. The zero-order chi connectivity index (χ0) is 27.9. The Hall–Kier alpha value is -2.29. The topological polar surface area (TPSA) is 86.8 Å². The number of hydrogen-bond donors (Lipinski definition) is 1. The maximum atomic E-state index is 13.5. The number of amides is 2. The summed E-state index contributed by atoms with van der Waals surface area (Å²) in [5.74, 6) is -0.490. The van der Waals surface area contributed by atoms with Gasteiger partial charge in [0.2, 0.25) is 21.8 Å². The summed E-state index contributed by atoms with van der Waals surface area (Å²) in [6.45, 7) is 3.81. The van der Waals surface area contributed by atoms with E-state index in [1.165, 1.54) is 15.6 Å². The molecule has 0 aliphatic heterocycles. The lowest BCUT2D eigenvalue weighted by atomic mass is 9.95. The fourth-order valence-electron chi connectivity index (χ4n) is 4.79. The summed E-state index contributed by atoms with van der Waals surface area (Å²) in [7, 11) is -3.55. The average Bonchev–Trinajstić information content (AvgIpc) is 2.86. The molecule has 1 N–H and O–H groups in total. The van der Waals surface area contributed by atoms with Crippen LogP contribution in [0.15, 0.2) is 42.5 Å². The van der Waals surface area contributed by atoms with Gasteiger partial charge in [-0.1, -0.05) is 60.7 Å². The van der Waals surface area contributed by atoms with Gasteiger partial charge in [-0.3, -0.25) is 13.9 Å². The van der Waals surface area contributed by atoms with Gasteiger partial charge in [-0.15, -0.1) is 0 Å². The van der Waals surface area contributed by atoms with Crippen LogP contribution < -0.4 is 9.62 Å². The fraction of sp³-hybridized carbons (Fsp3) is 0.500. The van der Waals surface area contributed by atoms with Crippen molar-refractivity contribution in [3.05, 3.63) is 63.6 Å². The first-order chi connectivity index (χ1) is 18.0. The van der Waals surface area contributed by atoms with E-state index in [1.807, 2.05) is 13.0 Å². The second-order valence-corrected chi connectivity index (χ2v) is 12.7. The van der Waals surface area contributed by atoms with Crippen molar-refractivity contribution in [3.8, 4) is 0 Å². The first kappa shape index (κ1) is 30.3. The van der Waals surface area contributed by atoms with E-state index in [0.717, 1.165) is 37.5 Å². The lowest BCUT2D eigenvalue weighted by Gasteiger charge is -2.32. The van der Waals surface area contributed by atoms with Crippen LogP contribution in [0.4, 0.5) is 5.69 Å². The zero-order valence-electron chi connectivity index (χ0n) is 22.3. The number of anilines is 1. The van der Waals surface area contributed by atoms with Gasteiger partial charge in [0, 0.05) is 41.2 Å². The van der Waals surface area contributed by atoms with Crippen molar-refractivity contribution in [1.29, 1.82) is 0 Å². The lowest BCUT2D eigenvalue weighted by Crippen LogP contribution is -2.50. The number of benzene rings is 2. The van der Waals surface area contributed by atoms with E-state index < -0.39 is 16.1 Å². The molecule has 0 aromatic heterocycles. The summed E-state index contributed by atoms with van der Waals surface area (Å²) in [5.41, 5.74) is 2.06. The smallest absolute Gasteiger partial charge is 0.242 e. The predicted octanol–water partition coefficient (Wildman–Crippen LogP) is 5.71. The molecule has 38 heavy (non-hydrogen) atoms. The quantitative estimate of drug-likeness (QED) is 0.368. The number of nitrogens with zero attached hydrogens (tertiary/aromatic N) is 2. The molecular weight excluding hydrogens is 545 g/mol. The van der Waals surface area contributed by atoms with Gasteiger partial charge in [-0.05, 0) is 62.9 Å². The van der Waals surface area contributed by atoms with Gasteiger partial charge in [0.05, 0.1) is 11.9 Å². The van der Waals surface area contributed by atoms with Gasteiger partial charge in [0.25, 0.3) is 0 Å². The fourth-order valence-corrected chi connectivity index (χ4v) is 6.27. The van der Waals surface area contributed by atoms with Crippen molar-refractivity contribution in [2.24, 2.45) is 0 Å². The highest BCUT2D eigenvalue weighted by atomic mass is 35.5. The third-order valence-electron chi connectivity index (χ3n) is 6.95. The van der Waals surface area contributed by atoms with E-state index in [0.29, 0.717) is 21.3 Å². The first-order valence-corrected chi connectivity index (χ1v) is 15.6. The van der Waals surface area contributed by atoms with Gasteiger partial charge in [-0.25, -0.2) is 8.42 Å². The second-order valence-electron chi connectivity index (χ2n) is 10.0. The molecule has 1 fully saturated rings. The zero-order valence-corrected chi connectivity index (χ0v) is 24.6. The molecule has 0 spiro atoms. The Morgan fingerprint density at radius 3 is 2.29 bits per heavy atom. The molecule has 7 nitrogen and oxygen atoms in total. The monoisotopic (exact) mass is 581 g/mol. The van der Waals surface area contributed by atoms with Crippen LogP contribution in [0.5, 0.6) is 0 Å². The van der Waals surface area contributed by atoms with Crippen LogP contribution in [0.1, 0.15) is 63.0 Å². The maximum Gasteiger partial charge on any atom is 0.242 e. The summed E-state index contributed by atoms with van der Waals surface area (Å²) in [4.78, 5) is 28.2. The van der Waals surface area contributed by atoms with Crippen molar-refractivity contribution in [3.63, 3.8) is 0 Å². The number of hydrogen-bond acceptors (Lipinski definition) is 4. The van der Waals surface area contributed by atoms with Crippen LogP contribution in [0.3, 0.4) is 0 Å². The average molecular weight is 583 g/mol. The summed E-state index contributed by atoms with van der Waals surface area (Å²) in [6, 6.07) is 11.7. The summed E-state index contributed by atoms with van der Waals surface area (Å²) in [5, 5.41) is 3.93. The van der Waals surface area contributed by atoms with Crippen LogP contribution in [0, 0.1) is 6.92 Å². The first-order valence-electron chi connectivity index (χ1n) is 13.0. The van der Waals surface area contributed by atoms with E-state index in [-0.39, 0.29) is 43.8 Å². The minimum absolute atomic E-state index is 0.0565. The number of sulfonamides is 1. The number of carbonyl (C=O) groups is 2. The van der Waals surface area contributed by atoms with Crippen LogP contribution in [0.25, 0.3) is 0 Å². The molecule has 1 aliphatic carbocycles. The molecule has 0 saturated heterocycles.